The Kier molecular flexibility index (Phi) is 9.33. The Balaban J connectivity index is 1.46. The van der Waals surface area contributed by atoms with Crippen LogP contribution in [0.3, 0.4) is 0 Å². The maximum absolute atomic E-state index is 14.9. The minimum absolute atomic E-state index is 0.161. The molecule has 0 bridgehead atoms. The van der Waals surface area contributed by atoms with E-state index in [-0.39, 0.29) is 41.0 Å². The van der Waals surface area contributed by atoms with Gasteiger partial charge in [-0.3, -0.25) is 4.79 Å². The number of amides is 1. The quantitative estimate of drug-likeness (QED) is 0.163. The van der Waals surface area contributed by atoms with E-state index in [1.165, 1.54) is 21.1 Å². The highest BCUT2D eigenvalue weighted by Gasteiger charge is 2.54. The van der Waals surface area contributed by atoms with E-state index in [9.17, 15) is 9.59 Å². The van der Waals surface area contributed by atoms with Gasteiger partial charge in [0.25, 0.3) is 0 Å². The van der Waals surface area contributed by atoms with Crippen LogP contribution in [0.25, 0.3) is 0 Å². The van der Waals surface area contributed by atoms with Crippen LogP contribution >= 0.6 is 0 Å². The number of rotatable bonds is 7. The fraction of sp³-hybridized carbons (Fsp3) is 0.366. The van der Waals surface area contributed by atoms with Crippen LogP contribution in [0.4, 0.5) is 4.79 Å². The summed E-state index contributed by atoms with van der Waals surface area (Å²) in [5, 5.41) is 3.56. The Labute approximate surface area is 275 Å². The van der Waals surface area contributed by atoms with Gasteiger partial charge in [0.2, 0.25) is 0 Å². The molecule has 1 saturated carbocycles. The molecule has 0 unspecified atom stereocenters. The van der Waals surface area contributed by atoms with Crippen molar-refractivity contribution in [3.8, 4) is 0 Å². The lowest BCUT2D eigenvalue weighted by Gasteiger charge is -2.50. The standard InChI is InChI=1S/C41H47NO3Si/c1-30-25-26-37(41(3,4)32-17-9-5-10-18-32)38(27-30)45-40(44)42-31(2)28-33(43)29-39(42)46(34-19-11-6-12-20-34,35-21-13-7-14-22-35)36-23-15-8-16-24-36/h5-24,30-31,37-39H,25-29H2,1-4H3/t30-,31+,37-,38-,39+/m1/s1. The fourth-order valence-corrected chi connectivity index (χ4v) is 14.2. The van der Waals surface area contributed by atoms with Gasteiger partial charge >= 0.3 is 6.09 Å². The third-order valence-corrected chi connectivity index (χ3v) is 16.1. The van der Waals surface area contributed by atoms with Crippen molar-refractivity contribution in [1.29, 1.82) is 0 Å². The Morgan fingerprint density at radius 1 is 0.717 bits per heavy atom. The first-order valence-electron chi connectivity index (χ1n) is 17.0. The van der Waals surface area contributed by atoms with Gasteiger partial charge in [-0.2, -0.15) is 0 Å². The minimum atomic E-state index is -3.01. The molecular weight excluding hydrogens is 583 g/mol. The fourth-order valence-electron chi connectivity index (χ4n) is 8.54. The highest BCUT2D eigenvalue weighted by Crippen LogP contribution is 2.44. The van der Waals surface area contributed by atoms with Crippen molar-refractivity contribution in [2.24, 2.45) is 11.8 Å². The van der Waals surface area contributed by atoms with E-state index in [0.29, 0.717) is 18.8 Å². The van der Waals surface area contributed by atoms with Crippen molar-refractivity contribution in [2.45, 2.75) is 83.0 Å². The van der Waals surface area contributed by atoms with Crippen molar-refractivity contribution in [2.75, 3.05) is 0 Å². The summed E-state index contributed by atoms with van der Waals surface area (Å²) in [5.41, 5.74) is 0.769. The van der Waals surface area contributed by atoms with E-state index in [2.05, 4.69) is 124 Å². The highest BCUT2D eigenvalue weighted by molar-refractivity contribution is 7.12. The van der Waals surface area contributed by atoms with Crippen LogP contribution in [0.15, 0.2) is 121 Å². The molecule has 2 aliphatic rings. The third kappa shape index (κ3) is 5.98. The van der Waals surface area contributed by atoms with Crippen LogP contribution in [-0.2, 0) is 14.9 Å². The maximum atomic E-state index is 14.9. The monoisotopic (exact) mass is 629 g/mol. The van der Waals surface area contributed by atoms with Crippen LogP contribution < -0.4 is 15.6 Å². The van der Waals surface area contributed by atoms with Crippen molar-refractivity contribution in [1.82, 2.24) is 4.90 Å². The first kappa shape index (κ1) is 32.0. The maximum Gasteiger partial charge on any atom is 0.410 e. The summed E-state index contributed by atoms with van der Waals surface area (Å²) in [6.45, 7) is 8.90. The van der Waals surface area contributed by atoms with Crippen LogP contribution in [0.2, 0.25) is 0 Å². The van der Waals surface area contributed by atoms with Crippen LogP contribution in [0.1, 0.15) is 65.4 Å². The zero-order chi connectivity index (χ0) is 32.3. The Morgan fingerprint density at radius 2 is 1.20 bits per heavy atom. The van der Waals surface area contributed by atoms with Gasteiger partial charge in [0, 0.05) is 30.5 Å². The predicted octanol–water partition coefficient (Wildman–Crippen LogP) is 7.04. The molecular formula is C41H47NO3Si. The van der Waals surface area contributed by atoms with Crippen molar-refractivity contribution >= 4 is 35.5 Å². The number of hydrogen-bond donors (Lipinski definition) is 0. The molecule has 1 aliphatic carbocycles. The molecule has 1 aliphatic heterocycles. The van der Waals surface area contributed by atoms with E-state index >= 15 is 0 Å². The number of piperidine rings is 1. The van der Waals surface area contributed by atoms with Crippen LogP contribution in [-0.4, -0.2) is 42.7 Å². The summed E-state index contributed by atoms with van der Waals surface area (Å²) in [5.74, 6) is 0.869. The molecule has 5 atom stereocenters. The second-order valence-corrected chi connectivity index (χ2v) is 18.2. The topological polar surface area (TPSA) is 46.6 Å². The Bertz CT molecular complexity index is 1510. The average Bonchev–Trinajstić information content (AvgIpc) is 3.07. The SMILES string of the molecule is C[C@@H]1CC[C@@H](C(C)(C)c2ccccc2)[C@H](OC(=O)N2[C@@H](C)CC(=O)C[C@@H]2[Si](c2ccccc2)(c2ccccc2)c2ccccc2)C1. The molecule has 4 nitrogen and oxygen atoms in total. The number of carbonyl (C=O) groups excluding carboxylic acids is 2. The number of Topliss-reactive ketones (excluding diaryl/α,β-unsaturated/α-hetero) is 1. The number of carbonyl (C=O) groups is 2. The lowest BCUT2D eigenvalue weighted by atomic mass is 9.64. The summed E-state index contributed by atoms with van der Waals surface area (Å²) in [7, 11) is -3.01. The molecule has 46 heavy (non-hydrogen) atoms. The summed E-state index contributed by atoms with van der Waals surface area (Å²) in [6, 6.07) is 42.2. The molecule has 4 aromatic carbocycles. The Hall–Kier alpha value is -3.96. The summed E-state index contributed by atoms with van der Waals surface area (Å²) in [4.78, 5) is 30.5. The zero-order valence-corrected chi connectivity index (χ0v) is 28.6. The molecule has 0 aromatic heterocycles. The molecule has 2 fully saturated rings. The molecule has 0 N–H and O–H groups in total. The second-order valence-electron chi connectivity index (χ2n) is 14.2. The lowest BCUT2D eigenvalue weighted by molar-refractivity contribution is -0.123. The van der Waals surface area contributed by atoms with Crippen molar-refractivity contribution in [3.63, 3.8) is 0 Å². The first-order chi connectivity index (χ1) is 22.2. The number of ether oxygens (including phenoxy) is 1. The molecule has 0 radical (unpaired) electrons. The van der Waals surface area contributed by atoms with Gasteiger partial charge in [-0.1, -0.05) is 149 Å². The van der Waals surface area contributed by atoms with E-state index in [4.69, 9.17) is 4.74 Å². The molecule has 0 spiro atoms. The highest BCUT2D eigenvalue weighted by atomic mass is 28.3. The molecule has 6 rings (SSSR count). The van der Waals surface area contributed by atoms with E-state index < -0.39 is 8.07 Å². The number of ketones is 1. The number of likely N-dealkylation sites (tertiary alicyclic amines) is 1. The third-order valence-electron chi connectivity index (χ3n) is 10.9. The molecule has 1 heterocycles. The molecule has 238 valence electrons. The minimum Gasteiger partial charge on any atom is -0.446 e. The van der Waals surface area contributed by atoms with E-state index in [0.717, 1.165) is 19.3 Å². The smallest absolute Gasteiger partial charge is 0.410 e. The zero-order valence-electron chi connectivity index (χ0n) is 27.6. The second kappa shape index (κ2) is 13.4. The number of nitrogens with zero attached hydrogens (tertiary/aromatic N) is 1. The van der Waals surface area contributed by atoms with Gasteiger partial charge in [0.05, 0.1) is 0 Å². The van der Waals surface area contributed by atoms with Gasteiger partial charge in [0.15, 0.2) is 8.07 Å². The van der Waals surface area contributed by atoms with Gasteiger partial charge < -0.3 is 9.64 Å². The van der Waals surface area contributed by atoms with Crippen LogP contribution in [0, 0.1) is 11.8 Å². The summed E-state index contributed by atoms with van der Waals surface area (Å²) >= 11 is 0. The molecule has 1 amide bonds. The van der Waals surface area contributed by atoms with Gasteiger partial charge in [-0.05, 0) is 52.2 Å². The Morgan fingerprint density at radius 3 is 1.70 bits per heavy atom. The van der Waals surface area contributed by atoms with Gasteiger partial charge in [-0.15, -0.1) is 0 Å². The first-order valence-corrected chi connectivity index (χ1v) is 19.0. The van der Waals surface area contributed by atoms with Crippen molar-refractivity contribution in [3.05, 3.63) is 127 Å². The summed E-state index contributed by atoms with van der Waals surface area (Å²) in [6.07, 6.45) is 3.14. The van der Waals surface area contributed by atoms with E-state index in [1.54, 1.807) is 0 Å². The summed E-state index contributed by atoms with van der Waals surface area (Å²) < 4.78 is 6.76. The van der Waals surface area contributed by atoms with Gasteiger partial charge in [0.1, 0.15) is 11.9 Å². The predicted molar refractivity (Wildman–Crippen MR) is 190 cm³/mol. The van der Waals surface area contributed by atoms with Crippen molar-refractivity contribution < 1.29 is 14.3 Å². The molecule has 4 aromatic rings. The molecule has 5 heteroatoms. The number of benzene rings is 4. The lowest BCUT2D eigenvalue weighted by Crippen LogP contribution is -2.80. The molecule has 1 saturated heterocycles. The average molecular weight is 630 g/mol. The normalized spacial score (nSPS) is 24.0. The number of hydrogen-bond acceptors (Lipinski definition) is 3. The largest absolute Gasteiger partial charge is 0.446 e. The van der Waals surface area contributed by atoms with E-state index in [1.807, 2.05) is 30.0 Å². The van der Waals surface area contributed by atoms with Gasteiger partial charge in [-0.25, -0.2) is 4.79 Å². The van der Waals surface area contributed by atoms with Crippen LogP contribution in [0.5, 0.6) is 0 Å².